The first-order valence-corrected chi connectivity index (χ1v) is 11.4. The summed E-state index contributed by atoms with van der Waals surface area (Å²) >= 11 is 6.33. The zero-order chi connectivity index (χ0) is 23.5. The summed E-state index contributed by atoms with van der Waals surface area (Å²) in [5.74, 6) is 0.712. The van der Waals surface area contributed by atoms with Crippen LogP contribution in [0.2, 0.25) is 5.02 Å². The number of ether oxygens (including phenoxy) is 1. The lowest BCUT2D eigenvalue weighted by Gasteiger charge is -2.10. The summed E-state index contributed by atoms with van der Waals surface area (Å²) < 4.78 is 7.25. The number of benzene rings is 2. The molecule has 2 aromatic carbocycles. The van der Waals surface area contributed by atoms with Gasteiger partial charge in [-0.05, 0) is 75.6 Å². The number of rotatable bonds is 7. The van der Waals surface area contributed by atoms with Crippen molar-refractivity contribution in [1.29, 1.82) is 0 Å². The van der Waals surface area contributed by atoms with Crippen molar-refractivity contribution in [1.82, 2.24) is 20.1 Å². The van der Waals surface area contributed by atoms with Gasteiger partial charge in [0.05, 0.1) is 28.9 Å². The summed E-state index contributed by atoms with van der Waals surface area (Å²) in [6, 6.07) is 15.4. The first kappa shape index (κ1) is 22.8. The molecule has 0 saturated carbocycles. The normalized spacial score (nSPS) is 11.1. The molecule has 2 heterocycles. The van der Waals surface area contributed by atoms with Gasteiger partial charge in [-0.2, -0.15) is 5.10 Å². The van der Waals surface area contributed by atoms with Crippen LogP contribution in [0.5, 0.6) is 5.75 Å². The molecule has 0 saturated heterocycles. The van der Waals surface area contributed by atoms with Crippen molar-refractivity contribution < 1.29 is 9.53 Å². The van der Waals surface area contributed by atoms with Gasteiger partial charge in [0.2, 0.25) is 0 Å². The molecule has 4 aromatic rings. The molecular weight excluding hydrogens is 436 g/mol. The molecular formula is C26H27ClN4O2. The largest absolute Gasteiger partial charge is 0.494 e. The number of amides is 1. The maximum Gasteiger partial charge on any atom is 0.252 e. The van der Waals surface area contributed by atoms with Crippen molar-refractivity contribution >= 4 is 28.5 Å². The Labute approximate surface area is 198 Å². The van der Waals surface area contributed by atoms with Crippen molar-refractivity contribution in [2.24, 2.45) is 0 Å². The molecule has 33 heavy (non-hydrogen) atoms. The van der Waals surface area contributed by atoms with Crippen LogP contribution in [0.4, 0.5) is 0 Å². The van der Waals surface area contributed by atoms with E-state index in [4.69, 9.17) is 26.4 Å². The van der Waals surface area contributed by atoms with E-state index < -0.39 is 0 Å². The number of aromatic nitrogens is 3. The maximum atomic E-state index is 13.1. The molecule has 1 N–H and O–H groups in total. The van der Waals surface area contributed by atoms with Gasteiger partial charge in [0.15, 0.2) is 5.65 Å². The number of aryl methyl sites for hydroxylation is 2. The first-order chi connectivity index (χ1) is 15.9. The number of fused-ring (bicyclic) bond motifs is 1. The summed E-state index contributed by atoms with van der Waals surface area (Å²) in [7, 11) is 0. The molecule has 0 atom stereocenters. The molecule has 0 aliphatic rings. The quantitative estimate of drug-likeness (QED) is 0.401. The Morgan fingerprint density at radius 1 is 1.12 bits per heavy atom. The van der Waals surface area contributed by atoms with Gasteiger partial charge in [0, 0.05) is 17.3 Å². The van der Waals surface area contributed by atoms with E-state index >= 15 is 0 Å². The van der Waals surface area contributed by atoms with Crippen LogP contribution in [0, 0.1) is 20.8 Å². The van der Waals surface area contributed by atoms with E-state index in [1.54, 1.807) is 4.68 Å². The Kier molecular flexibility index (Phi) is 6.65. The van der Waals surface area contributed by atoms with Crippen LogP contribution in [0.25, 0.3) is 16.7 Å². The third-order valence-electron chi connectivity index (χ3n) is 5.59. The minimum atomic E-state index is -0.137. The van der Waals surface area contributed by atoms with Gasteiger partial charge in [-0.3, -0.25) is 4.79 Å². The van der Waals surface area contributed by atoms with Crippen LogP contribution in [-0.4, -0.2) is 33.8 Å². The number of halogens is 1. The zero-order valence-corrected chi connectivity index (χ0v) is 20.0. The molecule has 0 radical (unpaired) electrons. The Morgan fingerprint density at radius 3 is 2.61 bits per heavy atom. The summed E-state index contributed by atoms with van der Waals surface area (Å²) in [5, 5.41) is 9.16. The number of carbonyl (C=O) groups excluding carboxylic acids is 1. The van der Waals surface area contributed by atoms with E-state index in [1.165, 1.54) is 0 Å². The maximum absolute atomic E-state index is 13.1. The van der Waals surface area contributed by atoms with E-state index in [0.717, 1.165) is 45.8 Å². The van der Waals surface area contributed by atoms with Crippen LogP contribution in [-0.2, 0) is 6.42 Å². The summed E-state index contributed by atoms with van der Waals surface area (Å²) in [6.45, 7) is 8.85. The van der Waals surface area contributed by atoms with Gasteiger partial charge >= 0.3 is 0 Å². The average Bonchev–Trinajstić information content (AvgIpc) is 3.12. The van der Waals surface area contributed by atoms with Gasteiger partial charge in [-0.25, -0.2) is 9.67 Å². The van der Waals surface area contributed by atoms with Gasteiger partial charge in [-0.15, -0.1) is 0 Å². The molecule has 0 aliphatic heterocycles. The topological polar surface area (TPSA) is 69.0 Å². The lowest BCUT2D eigenvalue weighted by molar-refractivity contribution is 0.0955. The Hall–Kier alpha value is -3.38. The summed E-state index contributed by atoms with van der Waals surface area (Å²) in [6.07, 6.45) is 0.727. The number of carbonyl (C=O) groups is 1. The first-order valence-electron chi connectivity index (χ1n) is 11.0. The van der Waals surface area contributed by atoms with Crippen LogP contribution < -0.4 is 10.1 Å². The second kappa shape index (κ2) is 9.63. The Balaban J connectivity index is 1.59. The highest BCUT2D eigenvalue weighted by Crippen LogP contribution is 2.28. The van der Waals surface area contributed by atoms with E-state index in [-0.39, 0.29) is 5.91 Å². The fourth-order valence-electron chi connectivity index (χ4n) is 3.92. The third-order valence-corrected chi connectivity index (χ3v) is 6.00. The highest BCUT2D eigenvalue weighted by atomic mass is 35.5. The predicted molar refractivity (Wildman–Crippen MR) is 132 cm³/mol. The molecule has 2 aromatic heterocycles. The van der Waals surface area contributed by atoms with Gasteiger partial charge in [-0.1, -0.05) is 29.8 Å². The molecule has 0 fully saturated rings. The highest BCUT2D eigenvalue weighted by Gasteiger charge is 2.20. The molecule has 4 rings (SSSR count). The van der Waals surface area contributed by atoms with Crippen molar-refractivity contribution in [3.8, 4) is 11.4 Å². The highest BCUT2D eigenvalue weighted by molar-refractivity contribution is 6.31. The van der Waals surface area contributed by atoms with Crippen LogP contribution in [0.1, 0.15) is 39.8 Å². The number of hydrogen-bond donors (Lipinski definition) is 1. The molecule has 7 heteroatoms. The number of nitrogens with one attached hydrogen (secondary N) is 1. The minimum Gasteiger partial charge on any atom is -0.494 e. The van der Waals surface area contributed by atoms with Gasteiger partial charge in [0.1, 0.15) is 5.75 Å². The lowest BCUT2D eigenvalue weighted by atomic mass is 10.1. The lowest BCUT2D eigenvalue weighted by Crippen LogP contribution is -2.26. The minimum absolute atomic E-state index is 0.137. The molecule has 1 amide bonds. The fourth-order valence-corrected chi connectivity index (χ4v) is 4.09. The molecule has 0 unspecified atom stereocenters. The molecule has 170 valence electrons. The number of pyridine rings is 1. The van der Waals surface area contributed by atoms with Crippen LogP contribution in [0.15, 0.2) is 48.5 Å². The second-order valence-electron chi connectivity index (χ2n) is 7.97. The monoisotopic (exact) mass is 462 g/mol. The van der Waals surface area contributed by atoms with E-state index in [9.17, 15) is 4.79 Å². The number of hydrogen-bond acceptors (Lipinski definition) is 4. The standard InChI is InChI=1S/C26H27ClN4O2/c1-5-33-20-11-9-19(10-12-20)13-14-28-26(32)21-15-16(2)29-25-24(21)18(4)30-31(25)23-8-6-7-22(27)17(23)3/h6-12,15H,5,13-14H2,1-4H3,(H,28,32). The average molecular weight is 463 g/mol. The van der Waals surface area contributed by atoms with Crippen molar-refractivity contribution in [2.75, 3.05) is 13.2 Å². The van der Waals surface area contributed by atoms with Crippen LogP contribution in [0.3, 0.4) is 0 Å². The van der Waals surface area contributed by atoms with Crippen molar-refractivity contribution in [3.05, 3.63) is 81.6 Å². The third kappa shape index (κ3) is 4.71. The van der Waals surface area contributed by atoms with Gasteiger partial charge in [0.25, 0.3) is 5.91 Å². The zero-order valence-electron chi connectivity index (χ0n) is 19.3. The second-order valence-corrected chi connectivity index (χ2v) is 8.38. The van der Waals surface area contributed by atoms with Crippen molar-refractivity contribution in [2.45, 2.75) is 34.1 Å². The predicted octanol–water partition coefficient (Wildman–Crippen LogP) is 5.37. The van der Waals surface area contributed by atoms with Gasteiger partial charge < -0.3 is 10.1 Å². The smallest absolute Gasteiger partial charge is 0.252 e. The number of nitrogens with zero attached hydrogens (tertiary/aromatic N) is 3. The molecule has 0 spiro atoms. The molecule has 0 aliphatic carbocycles. The van der Waals surface area contributed by atoms with Crippen molar-refractivity contribution in [3.63, 3.8) is 0 Å². The Morgan fingerprint density at radius 2 is 1.88 bits per heavy atom. The van der Waals surface area contributed by atoms with E-state index in [2.05, 4.69) is 5.32 Å². The summed E-state index contributed by atoms with van der Waals surface area (Å²) in [4.78, 5) is 17.8. The fraction of sp³-hybridized carbons (Fsp3) is 0.269. The SMILES string of the molecule is CCOc1ccc(CCNC(=O)c2cc(C)nc3c2c(C)nn3-c2cccc(Cl)c2C)cc1. The summed E-state index contributed by atoms with van der Waals surface area (Å²) in [5.41, 5.74) is 5.61. The Bertz CT molecular complexity index is 1310. The van der Waals surface area contributed by atoms with E-state index in [1.807, 2.05) is 76.2 Å². The van der Waals surface area contributed by atoms with Crippen LogP contribution >= 0.6 is 11.6 Å². The molecule has 0 bridgehead atoms. The molecule has 6 nitrogen and oxygen atoms in total. The van der Waals surface area contributed by atoms with E-state index in [0.29, 0.717) is 29.4 Å².